The van der Waals surface area contributed by atoms with Crippen LogP contribution in [0.2, 0.25) is 0 Å². The molecule has 1 aromatic rings. The van der Waals surface area contributed by atoms with Crippen molar-refractivity contribution in [2.75, 3.05) is 19.6 Å². The van der Waals surface area contributed by atoms with E-state index in [1.807, 2.05) is 11.3 Å². The zero-order valence-electron chi connectivity index (χ0n) is 11.0. The Kier molecular flexibility index (Phi) is 6.91. The van der Waals surface area contributed by atoms with Gasteiger partial charge in [0.1, 0.15) is 0 Å². The molecule has 1 aromatic heterocycles. The number of hydrogen-bond acceptors (Lipinski definition) is 5. The molecule has 0 radical (unpaired) electrons. The predicted octanol–water partition coefficient (Wildman–Crippen LogP) is 2.11. The number of hydrogen-bond donors (Lipinski definition) is 2. The summed E-state index contributed by atoms with van der Waals surface area (Å²) in [6, 6.07) is 0. The number of aromatic nitrogens is 1. The summed E-state index contributed by atoms with van der Waals surface area (Å²) in [5.41, 5.74) is 1.25. The maximum atomic E-state index is 4.63. The Morgan fingerprint density at radius 3 is 2.89 bits per heavy atom. The summed E-state index contributed by atoms with van der Waals surface area (Å²) < 4.78 is 0. The fourth-order valence-corrected chi connectivity index (χ4v) is 2.88. The molecule has 0 saturated carbocycles. The van der Waals surface area contributed by atoms with E-state index in [-0.39, 0.29) is 24.0 Å². The summed E-state index contributed by atoms with van der Waals surface area (Å²) in [4.78, 5) is 10.4. The summed E-state index contributed by atoms with van der Waals surface area (Å²) in [7, 11) is 0. The normalized spacial score (nSPS) is 14.4. The van der Waals surface area contributed by atoms with Crippen LogP contribution in [0, 0.1) is 6.92 Å². The van der Waals surface area contributed by atoms with Gasteiger partial charge in [0.15, 0.2) is 5.96 Å². The van der Waals surface area contributed by atoms with E-state index in [0.717, 1.165) is 44.9 Å². The van der Waals surface area contributed by atoms with Gasteiger partial charge in [0.25, 0.3) is 0 Å². The number of aliphatic imine (C=N–C) groups is 1. The minimum absolute atomic E-state index is 0. The van der Waals surface area contributed by atoms with Gasteiger partial charge in [-0.15, -0.1) is 35.3 Å². The lowest BCUT2D eigenvalue weighted by molar-refractivity contribution is 0.699. The first-order valence-electron chi connectivity index (χ1n) is 6.27. The molecule has 1 aliphatic rings. The molecular weight excluding hydrogens is 359 g/mol. The van der Waals surface area contributed by atoms with E-state index in [2.05, 4.69) is 34.5 Å². The molecule has 2 rings (SSSR count). The molecule has 0 fully saturated rings. The first-order valence-corrected chi connectivity index (χ1v) is 7.08. The summed E-state index contributed by atoms with van der Waals surface area (Å²) >= 11 is 1.81. The van der Waals surface area contributed by atoms with Crippen molar-refractivity contribution in [1.82, 2.24) is 15.6 Å². The molecule has 0 spiro atoms. The van der Waals surface area contributed by atoms with Crippen LogP contribution in [0.25, 0.3) is 0 Å². The molecule has 0 amide bonds. The Hall–Kier alpha value is -0.370. The lowest BCUT2D eigenvalue weighted by atomic mass is 10.3. The molecule has 2 heterocycles. The molecule has 0 aliphatic carbocycles. The zero-order chi connectivity index (χ0) is 12.1. The molecule has 0 saturated heterocycles. The smallest absolute Gasteiger partial charge is 0.191 e. The van der Waals surface area contributed by atoms with E-state index in [4.69, 9.17) is 0 Å². The van der Waals surface area contributed by atoms with Crippen molar-refractivity contribution in [3.63, 3.8) is 0 Å². The molecule has 102 valence electrons. The van der Waals surface area contributed by atoms with Crippen LogP contribution in [0.15, 0.2) is 4.99 Å². The first kappa shape index (κ1) is 15.7. The van der Waals surface area contributed by atoms with Gasteiger partial charge in [-0.25, -0.2) is 4.98 Å². The Morgan fingerprint density at radius 1 is 1.44 bits per heavy atom. The van der Waals surface area contributed by atoms with Crippen LogP contribution < -0.4 is 10.6 Å². The molecule has 0 unspecified atom stereocenters. The molecule has 0 atom stereocenters. The van der Waals surface area contributed by atoms with E-state index < -0.39 is 0 Å². The van der Waals surface area contributed by atoms with E-state index in [1.165, 1.54) is 15.6 Å². The van der Waals surface area contributed by atoms with Crippen molar-refractivity contribution in [2.45, 2.75) is 33.1 Å². The summed E-state index contributed by atoms with van der Waals surface area (Å²) in [5.74, 6) is 0.945. The zero-order valence-corrected chi connectivity index (χ0v) is 14.1. The Morgan fingerprint density at radius 2 is 2.28 bits per heavy atom. The highest BCUT2D eigenvalue weighted by Crippen LogP contribution is 2.17. The van der Waals surface area contributed by atoms with Crippen molar-refractivity contribution in [1.29, 1.82) is 0 Å². The number of halogens is 1. The average Bonchev–Trinajstić information content (AvgIpc) is 2.71. The van der Waals surface area contributed by atoms with Gasteiger partial charge in [0.05, 0.1) is 10.7 Å². The van der Waals surface area contributed by atoms with Crippen molar-refractivity contribution < 1.29 is 0 Å². The third-order valence-corrected chi connectivity index (χ3v) is 3.87. The quantitative estimate of drug-likeness (QED) is 0.787. The fraction of sp³-hybridized carbons (Fsp3) is 0.667. The standard InChI is InChI=1S/C12H20N4S.HI/c1-3-10-9(2)17-11(16-10)5-8-15-12-13-6-4-7-14-12;/h3-8H2,1-2H3,(H2,13,14,15);1H. The average molecular weight is 380 g/mol. The van der Waals surface area contributed by atoms with Crippen molar-refractivity contribution in [3.8, 4) is 0 Å². The van der Waals surface area contributed by atoms with Crippen molar-refractivity contribution >= 4 is 41.3 Å². The third kappa shape index (κ3) is 4.38. The van der Waals surface area contributed by atoms with Gasteiger partial charge in [-0.2, -0.15) is 0 Å². The molecule has 4 nitrogen and oxygen atoms in total. The van der Waals surface area contributed by atoms with E-state index >= 15 is 0 Å². The maximum absolute atomic E-state index is 4.63. The number of thiazole rings is 1. The topological polar surface area (TPSA) is 49.3 Å². The minimum atomic E-state index is 0. The molecular formula is C12H21IN4S. The predicted molar refractivity (Wildman–Crippen MR) is 88.3 cm³/mol. The Balaban J connectivity index is 0.00000162. The Bertz CT molecular complexity index is 403. The van der Waals surface area contributed by atoms with Crippen LogP contribution in [0.3, 0.4) is 0 Å². The van der Waals surface area contributed by atoms with Gasteiger partial charge >= 0.3 is 0 Å². The van der Waals surface area contributed by atoms with Crippen LogP contribution in [-0.4, -0.2) is 30.6 Å². The minimum Gasteiger partial charge on any atom is -0.356 e. The maximum Gasteiger partial charge on any atom is 0.191 e. The van der Waals surface area contributed by atoms with Gasteiger partial charge < -0.3 is 10.6 Å². The first-order chi connectivity index (χ1) is 8.29. The number of aryl methyl sites for hydroxylation is 2. The largest absolute Gasteiger partial charge is 0.356 e. The third-order valence-electron chi connectivity index (χ3n) is 2.80. The van der Waals surface area contributed by atoms with Crippen molar-refractivity contribution in [3.05, 3.63) is 15.6 Å². The highest BCUT2D eigenvalue weighted by molar-refractivity contribution is 14.0. The van der Waals surface area contributed by atoms with Crippen LogP contribution >= 0.6 is 35.3 Å². The second kappa shape index (κ2) is 7.93. The molecule has 1 aliphatic heterocycles. The number of guanidine groups is 1. The Labute approximate surface area is 130 Å². The van der Waals surface area contributed by atoms with Gasteiger partial charge in [-0.3, -0.25) is 4.99 Å². The van der Waals surface area contributed by atoms with E-state index in [1.54, 1.807) is 0 Å². The van der Waals surface area contributed by atoms with Crippen LogP contribution in [-0.2, 0) is 12.8 Å². The monoisotopic (exact) mass is 380 g/mol. The summed E-state index contributed by atoms with van der Waals surface area (Å²) in [5, 5.41) is 7.80. The summed E-state index contributed by atoms with van der Waals surface area (Å²) in [6.45, 7) is 7.18. The van der Waals surface area contributed by atoms with Crippen LogP contribution in [0.5, 0.6) is 0 Å². The van der Waals surface area contributed by atoms with Gasteiger partial charge in [-0.05, 0) is 19.8 Å². The number of rotatable bonds is 4. The van der Waals surface area contributed by atoms with E-state index in [0.29, 0.717) is 0 Å². The van der Waals surface area contributed by atoms with E-state index in [9.17, 15) is 0 Å². The SMILES string of the molecule is CCc1nc(CCNC2=NCCCN2)sc1C.I. The lowest BCUT2D eigenvalue weighted by Crippen LogP contribution is -2.41. The number of nitrogens with zero attached hydrogens (tertiary/aromatic N) is 2. The highest BCUT2D eigenvalue weighted by Gasteiger charge is 2.06. The fourth-order valence-electron chi connectivity index (χ4n) is 1.86. The van der Waals surface area contributed by atoms with Gasteiger partial charge in [-0.1, -0.05) is 6.92 Å². The second-order valence-electron chi connectivity index (χ2n) is 4.15. The summed E-state index contributed by atoms with van der Waals surface area (Å²) in [6.07, 6.45) is 3.15. The molecule has 0 aromatic carbocycles. The molecule has 0 bridgehead atoms. The van der Waals surface area contributed by atoms with Gasteiger partial charge in [0, 0.05) is 30.9 Å². The second-order valence-corrected chi connectivity index (χ2v) is 5.44. The highest BCUT2D eigenvalue weighted by atomic mass is 127. The van der Waals surface area contributed by atoms with Gasteiger partial charge in [0.2, 0.25) is 0 Å². The molecule has 18 heavy (non-hydrogen) atoms. The van der Waals surface area contributed by atoms with Crippen molar-refractivity contribution in [2.24, 2.45) is 4.99 Å². The number of nitrogens with one attached hydrogen (secondary N) is 2. The van der Waals surface area contributed by atoms with Crippen LogP contribution in [0.1, 0.15) is 28.9 Å². The molecule has 6 heteroatoms. The van der Waals surface area contributed by atoms with Crippen LogP contribution in [0.4, 0.5) is 0 Å². The molecule has 2 N–H and O–H groups in total. The lowest BCUT2D eigenvalue weighted by Gasteiger charge is -2.15.